The number of carbonyl (C=O) groups excluding carboxylic acids is 11. The maximum Gasteiger partial charge on any atom is 0.303 e. The Kier molecular flexibility index (Phi) is 38.2. The molecule has 1 amide bonds. The zero-order valence-electron chi connectivity index (χ0n) is 71.7. The van der Waals surface area contributed by atoms with E-state index in [1.807, 2.05) is 93.5 Å². The Balaban J connectivity index is 0.000000254. The molecule has 2 unspecified atom stereocenters. The first-order valence-corrected chi connectivity index (χ1v) is 42.1. The van der Waals surface area contributed by atoms with E-state index in [2.05, 4.69) is 5.32 Å². The van der Waals surface area contributed by atoms with Crippen molar-refractivity contribution in [1.29, 1.82) is 0 Å². The molecule has 18 atom stereocenters. The molecule has 1 N–H and O–H groups in total. The van der Waals surface area contributed by atoms with Gasteiger partial charge in [0.2, 0.25) is 0 Å². The number of nitrogens with zero attached hydrogens (tertiary/aromatic N) is 1. The third kappa shape index (κ3) is 29.5. The summed E-state index contributed by atoms with van der Waals surface area (Å²) in [6, 6.07) is 46.3. The number of likely N-dealkylation sites (N-methyl/N-ethyl adjacent to an activating group) is 1. The number of nitrogens with one attached hydrogen (secondary N) is 1. The summed E-state index contributed by atoms with van der Waals surface area (Å²) >= 11 is 0. The molecule has 4 aliphatic heterocycles. The first-order chi connectivity index (χ1) is 57.9. The number of amides is 1. The third-order valence-electron chi connectivity index (χ3n) is 20.5. The van der Waals surface area contributed by atoms with Crippen LogP contribution in [0.1, 0.15) is 165 Å². The number of rotatable bonds is 34. The summed E-state index contributed by atoms with van der Waals surface area (Å²) in [7, 11) is 0.367. The molecule has 0 aliphatic carbocycles. The molecule has 6 aromatic rings. The minimum absolute atomic E-state index is 0. The van der Waals surface area contributed by atoms with E-state index in [1.54, 1.807) is 126 Å². The molecule has 123 heavy (non-hydrogen) atoms. The van der Waals surface area contributed by atoms with Crippen molar-refractivity contribution in [2.24, 2.45) is 23.7 Å². The van der Waals surface area contributed by atoms with Gasteiger partial charge in [-0.25, -0.2) is 8.42 Å². The lowest BCUT2D eigenvalue weighted by atomic mass is 9.83. The highest BCUT2D eigenvalue weighted by atomic mass is 32.2. The second-order valence-electron chi connectivity index (χ2n) is 31.1. The van der Waals surface area contributed by atoms with Gasteiger partial charge in [0.05, 0.1) is 35.5 Å². The minimum atomic E-state index is -3.56. The second kappa shape index (κ2) is 47.2. The predicted molar refractivity (Wildman–Crippen MR) is 451 cm³/mol. The average Bonchev–Trinajstić information content (AvgIpc) is 1.74. The van der Waals surface area contributed by atoms with E-state index < -0.39 is 143 Å². The smallest absolute Gasteiger partial charge is 0.303 e. The summed E-state index contributed by atoms with van der Waals surface area (Å²) in [5.41, 5.74) is 4.94. The molecular formula is C93H116N2O27S. The zero-order chi connectivity index (χ0) is 89.2. The van der Waals surface area contributed by atoms with E-state index in [4.69, 9.17) is 66.3 Å². The van der Waals surface area contributed by atoms with Crippen molar-refractivity contribution in [3.8, 4) is 11.5 Å². The van der Waals surface area contributed by atoms with Crippen molar-refractivity contribution in [1.82, 2.24) is 10.2 Å². The maximum absolute atomic E-state index is 13.1. The molecule has 0 radical (unpaired) electrons. The Bertz CT molecular complexity index is 4690. The Morgan fingerprint density at radius 2 is 0.927 bits per heavy atom. The van der Waals surface area contributed by atoms with Gasteiger partial charge in [-0.2, -0.15) is 0 Å². The monoisotopic (exact) mass is 1720 g/mol. The zero-order valence-corrected chi connectivity index (χ0v) is 72.5. The topological polar surface area (TPSA) is 366 Å². The highest BCUT2D eigenvalue weighted by Crippen LogP contribution is 2.40. The van der Waals surface area contributed by atoms with Crippen molar-refractivity contribution in [3.05, 3.63) is 203 Å². The SMILES string of the molecule is C.CC(=O)O[C@H]1[C@H](C)[C@H](OCC(=O)/C=C/c2cccc(S(=O)(=O)Cc3ccccc3)c2)O[C@@H](C)[C@H]1OC(C)=O.CC(=O)O[C@H]1[C@H](C)[C@H](OCC(=O)c2ccc(CC(=O)[C@H](c3ccccc3)C(C)C)cc2)O[C@@H](C)[C@H]1OC(C)=O.CC(=O)O[C@H]1[C@H](C)[C@H](OCC(=O)c2ccc(OCCNC(=O)C3Oc4ccccc4C3CN(C)C)cc2)O[C@@H](C)[C@H]1OC(C)=O. The lowest BCUT2D eigenvalue weighted by Crippen LogP contribution is -2.56. The number of ketones is 4. The van der Waals surface area contributed by atoms with Crippen LogP contribution >= 0.6 is 0 Å². The summed E-state index contributed by atoms with van der Waals surface area (Å²) in [5, 5.41) is 2.90. The van der Waals surface area contributed by atoms with Crippen molar-refractivity contribution in [2.45, 2.75) is 213 Å². The van der Waals surface area contributed by atoms with Crippen LogP contribution in [0.2, 0.25) is 0 Å². The first kappa shape index (κ1) is 99.4. The molecular weight excluding hydrogens is 1610 g/mol. The fourth-order valence-electron chi connectivity index (χ4n) is 14.7. The number of ether oxygens (including phenoxy) is 14. The highest BCUT2D eigenvalue weighted by Gasteiger charge is 2.50. The van der Waals surface area contributed by atoms with Crippen LogP contribution < -0.4 is 14.8 Å². The van der Waals surface area contributed by atoms with Gasteiger partial charge in [0.25, 0.3) is 5.91 Å². The normalized spacial score (nSPS) is 24.1. The molecule has 666 valence electrons. The van der Waals surface area contributed by atoms with Gasteiger partial charge in [-0.1, -0.05) is 163 Å². The van der Waals surface area contributed by atoms with Crippen LogP contribution in [-0.4, -0.2) is 212 Å². The molecule has 4 heterocycles. The predicted octanol–water partition coefficient (Wildman–Crippen LogP) is 11.6. The lowest BCUT2D eigenvalue weighted by molar-refractivity contribution is -0.277. The molecule has 3 fully saturated rings. The number of sulfone groups is 1. The molecule has 3 saturated heterocycles. The van der Waals surface area contributed by atoms with Crippen molar-refractivity contribution in [2.75, 3.05) is 53.6 Å². The van der Waals surface area contributed by atoms with Gasteiger partial charge >= 0.3 is 35.8 Å². The van der Waals surface area contributed by atoms with Crippen LogP contribution in [0, 0.1) is 23.7 Å². The molecule has 0 bridgehead atoms. The molecule has 10 rings (SSSR count). The van der Waals surface area contributed by atoms with E-state index >= 15 is 0 Å². The van der Waals surface area contributed by atoms with Crippen molar-refractivity contribution >= 4 is 80.8 Å². The van der Waals surface area contributed by atoms with Crippen LogP contribution in [0.5, 0.6) is 11.5 Å². The largest absolute Gasteiger partial charge is 0.492 e. The quantitative estimate of drug-likeness (QED) is 0.0129. The number of carbonyl (C=O) groups is 11. The van der Waals surface area contributed by atoms with Gasteiger partial charge < -0.3 is 76.5 Å². The summed E-state index contributed by atoms with van der Waals surface area (Å²) in [6.07, 6.45) is -6.79. The fraction of sp³-hybridized carbons (Fsp3) is 0.473. The Labute approximate surface area is 719 Å². The van der Waals surface area contributed by atoms with Gasteiger partial charge in [-0.15, -0.1) is 0 Å². The molecule has 4 aliphatic rings. The Morgan fingerprint density at radius 1 is 0.496 bits per heavy atom. The number of esters is 6. The number of para-hydroxylation sites is 1. The minimum Gasteiger partial charge on any atom is -0.492 e. The number of fused-ring (bicyclic) bond motifs is 1. The second-order valence-corrected chi connectivity index (χ2v) is 33.1. The maximum atomic E-state index is 13.1. The van der Waals surface area contributed by atoms with E-state index in [0.717, 1.165) is 22.4 Å². The van der Waals surface area contributed by atoms with Gasteiger partial charge in [0.1, 0.15) is 62.0 Å². The average molecular weight is 1730 g/mol. The number of Topliss-reactive ketones (excluding diaryl/α,β-unsaturated/α-hetero) is 3. The Morgan fingerprint density at radius 3 is 1.38 bits per heavy atom. The highest BCUT2D eigenvalue weighted by molar-refractivity contribution is 7.90. The van der Waals surface area contributed by atoms with Crippen LogP contribution in [0.15, 0.2) is 169 Å². The molecule has 0 saturated carbocycles. The Hall–Kier alpha value is -10.7. The van der Waals surface area contributed by atoms with E-state index in [1.165, 1.54) is 65.8 Å². The van der Waals surface area contributed by atoms with Gasteiger partial charge in [-0.3, -0.25) is 52.7 Å². The molecule has 30 heteroatoms. The molecule has 0 aromatic heterocycles. The number of hydrogen-bond acceptors (Lipinski definition) is 28. The van der Waals surface area contributed by atoms with Crippen LogP contribution in [0.4, 0.5) is 0 Å². The van der Waals surface area contributed by atoms with Gasteiger partial charge in [-0.05, 0) is 112 Å². The van der Waals surface area contributed by atoms with E-state index in [9.17, 15) is 61.2 Å². The molecule has 0 spiro atoms. The van der Waals surface area contributed by atoms with Crippen LogP contribution in [-0.2, 0) is 122 Å². The number of benzene rings is 6. The summed E-state index contributed by atoms with van der Waals surface area (Å²) < 4.78 is 104. The van der Waals surface area contributed by atoms with Crippen LogP contribution in [0.25, 0.3) is 6.08 Å². The van der Waals surface area contributed by atoms with Gasteiger partial charge in [0, 0.05) is 101 Å². The van der Waals surface area contributed by atoms with Crippen molar-refractivity contribution < 1.29 is 127 Å². The third-order valence-corrected chi connectivity index (χ3v) is 22.2. The van der Waals surface area contributed by atoms with E-state index in [0.29, 0.717) is 34.5 Å². The standard InChI is InChI=1S/C33H42N2O10.C31H38O8.C28H32O9S.CH4/c1-19-29(43-21(3)36)30(44-22(4)37)20(2)42-33(19)41-18-27(38)23-11-13-24(14-12-23)40-16-15-34-32(39)31-26(17-35(5)6)25-9-7-8-10-28(25)45-31;1-18(2)28(25-10-8-7-9-11-25)26(34)16-23-12-14-24(15-13-23)27(35)17-36-31-19(3)29(38-21(5)32)30(20(4)37-31)39-22(6)33;1-18-26(36-20(3)29)27(37-21(4)30)19(2)35-28(18)34-16-24(31)14-13-22-11-8-12-25(15-22)38(32,33)17-23-9-6-5-7-10-23;/h7-14,19-20,26,29-31,33H,15-18H2,1-6H3,(H,34,39);7-15,18-20,28-31H,16-17H2,1-6H3;5-15,18-19,26-28H,16-17H2,1-4H3;1H4/b;;14-13+;/t19-,20-,26?,29-,30+,31?,33+;19-,20-,28-,29-,30+,31+;18-,19-,26-,27+,28+;/m000./s1. The van der Waals surface area contributed by atoms with E-state index in [-0.39, 0.29) is 104 Å². The van der Waals surface area contributed by atoms with Crippen molar-refractivity contribution in [3.63, 3.8) is 0 Å². The fourth-order valence-corrected chi connectivity index (χ4v) is 16.1. The molecule has 29 nitrogen and oxygen atoms in total. The summed E-state index contributed by atoms with van der Waals surface area (Å²) in [5.74, 6) is -4.64. The van der Waals surface area contributed by atoms with Crippen LogP contribution in [0.3, 0.4) is 0 Å². The first-order valence-electron chi connectivity index (χ1n) is 40.4. The summed E-state index contributed by atoms with van der Waals surface area (Å²) in [4.78, 5) is 136. The number of hydrogen-bond donors (Lipinski definition) is 1. The lowest BCUT2D eigenvalue weighted by Gasteiger charge is -2.42. The summed E-state index contributed by atoms with van der Waals surface area (Å²) in [6.45, 7) is 22.2. The van der Waals surface area contributed by atoms with Gasteiger partial charge in [0.15, 0.2) is 70.5 Å². The molecule has 6 aromatic carbocycles.